The summed E-state index contributed by atoms with van der Waals surface area (Å²) in [5.74, 6) is -0.689. The SMILES string of the molecule is CC1(C)OC2O[C@@H]3COC(=O)O[C@@H]3[C@H]2O1. The number of carbonyl (C=O) groups excluding carboxylic acids is 1. The first kappa shape index (κ1) is 9.38. The molecule has 6 nitrogen and oxygen atoms in total. The lowest BCUT2D eigenvalue weighted by atomic mass is 10.1. The molecule has 3 heterocycles. The van der Waals surface area contributed by atoms with Crippen LogP contribution in [0.2, 0.25) is 0 Å². The molecule has 0 bridgehead atoms. The largest absolute Gasteiger partial charge is 0.508 e. The summed E-state index contributed by atoms with van der Waals surface area (Å²) >= 11 is 0. The van der Waals surface area contributed by atoms with Crippen molar-refractivity contribution in [3.05, 3.63) is 0 Å². The molecule has 0 saturated carbocycles. The van der Waals surface area contributed by atoms with Gasteiger partial charge in [0.1, 0.15) is 12.7 Å². The van der Waals surface area contributed by atoms with Crippen LogP contribution in [0.25, 0.3) is 0 Å². The Morgan fingerprint density at radius 1 is 1.27 bits per heavy atom. The molecule has 0 aromatic carbocycles. The van der Waals surface area contributed by atoms with Crippen LogP contribution in [0, 0.1) is 0 Å². The van der Waals surface area contributed by atoms with Crippen LogP contribution in [0.1, 0.15) is 13.8 Å². The summed E-state index contributed by atoms with van der Waals surface area (Å²) in [5, 5.41) is 0. The number of fused-ring (bicyclic) bond motifs is 3. The molecule has 3 aliphatic rings. The van der Waals surface area contributed by atoms with Gasteiger partial charge in [-0.1, -0.05) is 0 Å². The van der Waals surface area contributed by atoms with Gasteiger partial charge in [0.2, 0.25) is 0 Å². The number of cyclic esters (lactones) is 1. The normalized spacial score (nSPS) is 46.7. The van der Waals surface area contributed by atoms with Gasteiger partial charge in [0.05, 0.1) is 0 Å². The zero-order valence-electron chi connectivity index (χ0n) is 8.47. The molecule has 4 atom stereocenters. The molecule has 0 aromatic heterocycles. The number of hydrogen-bond acceptors (Lipinski definition) is 6. The van der Waals surface area contributed by atoms with Crippen molar-refractivity contribution in [2.45, 2.75) is 44.2 Å². The molecule has 6 heteroatoms. The van der Waals surface area contributed by atoms with Gasteiger partial charge in [-0.25, -0.2) is 4.79 Å². The number of carbonyl (C=O) groups is 1. The molecule has 3 rings (SSSR count). The minimum atomic E-state index is -0.689. The van der Waals surface area contributed by atoms with Crippen LogP contribution in [-0.4, -0.2) is 43.2 Å². The highest BCUT2D eigenvalue weighted by atomic mass is 16.9. The minimum absolute atomic E-state index is 0.198. The lowest BCUT2D eigenvalue weighted by Crippen LogP contribution is -2.44. The standard InChI is InChI=1S/C9H12O6/c1-9(2)14-6-5-4(12-7(6)15-9)3-11-8(10)13-5/h4-7H,3H2,1-2H3/t4-,5+,6-,7?/m1/s1. The van der Waals surface area contributed by atoms with E-state index in [0.29, 0.717) is 0 Å². The minimum Gasteiger partial charge on any atom is -0.431 e. The van der Waals surface area contributed by atoms with E-state index >= 15 is 0 Å². The highest BCUT2D eigenvalue weighted by Crippen LogP contribution is 2.39. The van der Waals surface area contributed by atoms with Gasteiger partial charge in [0.25, 0.3) is 0 Å². The monoisotopic (exact) mass is 216 g/mol. The molecule has 1 unspecified atom stereocenters. The van der Waals surface area contributed by atoms with E-state index in [4.69, 9.17) is 23.7 Å². The van der Waals surface area contributed by atoms with E-state index in [1.165, 1.54) is 0 Å². The molecule has 3 saturated heterocycles. The van der Waals surface area contributed by atoms with E-state index in [0.717, 1.165) is 0 Å². The molecule has 3 fully saturated rings. The van der Waals surface area contributed by atoms with Crippen molar-refractivity contribution in [2.24, 2.45) is 0 Å². The van der Waals surface area contributed by atoms with Crippen LogP contribution >= 0.6 is 0 Å². The Hall–Kier alpha value is -0.850. The average Bonchev–Trinajstić information content (AvgIpc) is 2.58. The third-order valence-corrected chi connectivity index (χ3v) is 2.69. The molecule has 0 amide bonds. The topological polar surface area (TPSA) is 63.2 Å². The second-order valence-corrected chi connectivity index (χ2v) is 4.29. The molecule has 0 N–H and O–H groups in total. The molecule has 3 aliphatic heterocycles. The van der Waals surface area contributed by atoms with Gasteiger partial charge in [-0.15, -0.1) is 0 Å². The third-order valence-electron chi connectivity index (χ3n) is 2.69. The fourth-order valence-electron chi connectivity index (χ4n) is 2.12. The summed E-state index contributed by atoms with van der Waals surface area (Å²) in [4.78, 5) is 11.0. The van der Waals surface area contributed by atoms with Crippen molar-refractivity contribution in [2.75, 3.05) is 6.61 Å². The zero-order chi connectivity index (χ0) is 10.6. The highest BCUT2D eigenvalue weighted by Gasteiger charge is 2.58. The third kappa shape index (κ3) is 1.40. The molecular formula is C9H12O6. The molecule has 0 aromatic rings. The van der Waals surface area contributed by atoms with Gasteiger partial charge in [0.15, 0.2) is 24.3 Å². The van der Waals surface area contributed by atoms with Crippen LogP contribution in [0.4, 0.5) is 4.79 Å². The first-order valence-electron chi connectivity index (χ1n) is 4.90. The maximum atomic E-state index is 11.0. The van der Waals surface area contributed by atoms with E-state index in [-0.39, 0.29) is 18.8 Å². The Kier molecular flexibility index (Phi) is 1.78. The van der Waals surface area contributed by atoms with Crippen LogP contribution in [0.3, 0.4) is 0 Å². The maximum Gasteiger partial charge on any atom is 0.508 e. The lowest BCUT2D eigenvalue weighted by Gasteiger charge is -2.28. The molecular weight excluding hydrogens is 204 g/mol. The first-order valence-corrected chi connectivity index (χ1v) is 4.90. The summed E-state index contributed by atoms with van der Waals surface area (Å²) in [6, 6.07) is 0. The van der Waals surface area contributed by atoms with E-state index in [1.54, 1.807) is 13.8 Å². The highest BCUT2D eigenvalue weighted by molar-refractivity contribution is 5.61. The van der Waals surface area contributed by atoms with Crippen LogP contribution in [0.15, 0.2) is 0 Å². The summed E-state index contributed by atoms with van der Waals surface area (Å²) in [5.41, 5.74) is 0. The summed E-state index contributed by atoms with van der Waals surface area (Å²) in [6.45, 7) is 3.79. The summed E-state index contributed by atoms with van der Waals surface area (Å²) < 4.78 is 26.4. The van der Waals surface area contributed by atoms with E-state index in [2.05, 4.69) is 0 Å². The lowest BCUT2D eigenvalue weighted by molar-refractivity contribution is -0.227. The number of rotatable bonds is 0. The van der Waals surface area contributed by atoms with Crippen molar-refractivity contribution < 1.29 is 28.5 Å². The van der Waals surface area contributed by atoms with Gasteiger partial charge >= 0.3 is 6.16 Å². The van der Waals surface area contributed by atoms with Crippen molar-refractivity contribution in [1.29, 1.82) is 0 Å². The zero-order valence-corrected chi connectivity index (χ0v) is 8.47. The number of hydrogen-bond donors (Lipinski definition) is 0. The van der Waals surface area contributed by atoms with Gasteiger partial charge in [-0.05, 0) is 13.8 Å². The molecule has 0 spiro atoms. The Morgan fingerprint density at radius 3 is 2.87 bits per heavy atom. The van der Waals surface area contributed by atoms with Gasteiger partial charge < -0.3 is 23.7 Å². The van der Waals surface area contributed by atoms with Gasteiger partial charge in [-0.3, -0.25) is 0 Å². The fraction of sp³-hybridized carbons (Fsp3) is 0.889. The maximum absolute atomic E-state index is 11.0. The van der Waals surface area contributed by atoms with Crippen molar-refractivity contribution in [3.63, 3.8) is 0 Å². The van der Waals surface area contributed by atoms with E-state index < -0.39 is 24.3 Å². The molecule has 15 heavy (non-hydrogen) atoms. The Labute approximate surface area is 86.4 Å². The summed E-state index contributed by atoms with van der Waals surface area (Å²) in [7, 11) is 0. The van der Waals surface area contributed by atoms with Crippen LogP contribution in [-0.2, 0) is 23.7 Å². The summed E-state index contributed by atoms with van der Waals surface area (Å²) in [6.07, 6.45) is -2.19. The van der Waals surface area contributed by atoms with E-state index in [9.17, 15) is 4.79 Å². The smallest absolute Gasteiger partial charge is 0.431 e. The fourth-order valence-corrected chi connectivity index (χ4v) is 2.12. The average molecular weight is 216 g/mol. The Balaban J connectivity index is 1.79. The van der Waals surface area contributed by atoms with Crippen molar-refractivity contribution in [3.8, 4) is 0 Å². The second kappa shape index (κ2) is 2.84. The quantitative estimate of drug-likeness (QED) is 0.546. The van der Waals surface area contributed by atoms with Crippen LogP contribution in [0.5, 0.6) is 0 Å². The molecule has 0 aliphatic carbocycles. The second-order valence-electron chi connectivity index (χ2n) is 4.29. The molecule has 84 valence electrons. The predicted octanol–water partition coefficient (Wildman–Crippen LogP) is 0.398. The first-order chi connectivity index (χ1) is 7.05. The Bertz CT molecular complexity index is 301. The van der Waals surface area contributed by atoms with Crippen molar-refractivity contribution >= 4 is 6.16 Å². The molecule has 0 radical (unpaired) electrons. The van der Waals surface area contributed by atoms with Crippen molar-refractivity contribution in [1.82, 2.24) is 0 Å². The number of ether oxygens (including phenoxy) is 5. The predicted molar refractivity (Wildman–Crippen MR) is 44.9 cm³/mol. The van der Waals surface area contributed by atoms with Crippen LogP contribution < -0.4 is 0 Å². The van der Waals surface area contributed by atoms with Gasteiger partial charge in [-0.2, -0.15) is 0 Å². The van der Waals surface area contributed by atoms with E-state index in [1.807, 2.05) is 0 Å². The van der Waals surface area contributed by atoms with Gasteiger partial charge in [0, 0.05) is 0 Å². The Morgan fingerprint density at radius 2 is 2.07 bits per heavy atom.